The number of hydrogen-bond acceptors (Lipinski definition) is 3. The third-order valence-corrected chi connectivity index (χ3v) is 4.01. The van der Waals surface area contributed by atoms with Gasteiger partial charge in [-0.2, -0.15) is 0 Å². The van der Waals surface area contributed by atoms with Crippen molar-refractivity contribution in [2.24, 2.45) is 0 Å². The van der Waals surface area contributed by atoms with Gasteiger partial charge in [0.2, 0.25) is 5.91 Å². The minimum absolute atomic E-state index is 0.349. The first-order valence-electron chi connectivity index (χ1n) is 7.54. The highest BCUT2D eigenvalue weighted by molar-refractivity contribution is 5.76. The third kappa shape index (κ3) is 3.28. The van der Waals surface area contributed by atoms with Gasteiger partial charge in [0, 0.05) is 25.3 Å². The molecule has 0 bridgehead atoms. The molecule has 3 rings (SSSR count). The van der Waals surface area contributed by atoms with Gasteiger partial charge in [0.25, 0.3) is 0 Å². The molecule has 1 aliphatic rings. The van der Waals surface area contributed by atoms with Gasteiger partial charge in [0.15, 0.2) is 0 Å². The molecule has 0 atom stereocenters. The van der Waals surface area contributed by atoms with Crippen molar-refractivity contribution in [3.63, 3.8) is 0 Å². The van der Waals surface area contributed by atoms with Gasteiger partial charge in [0.05, 0.1) is 0 Å². The van der Waals surface area contributed by atoms with Crippen LogP contribution < -0.4 is 10.2 Å². The minimum Gasteiger partial charge on any atom is -0.387 e. The lowest BCUT2D eigenvalue weighted by Gasteiger charge is -2.19. The van der Waals surface area contributed by atoms with E-state index in [0.717, 1.165) is 25.1 Å². The topological polar surface area (TPSA) is 52.6 Å². The predicted octanol–water partition coefficient (Wildman–Crippen LogP) is 1.86. The summed E-state index contributed by atoms with van der Waals surface area (Å²) < 4.78 is 0. The van der Waals surface area contributed by atoms with E-state index in [1.54, 1.807) is 0 Å². The van der Waals surface area contributed by atoms with E-state index < -0.39 is 6.61 Å². The first-order chi connectivity index (χ1) is 10.8. The Bertz CT molecular complexity index is 652. The maximum atomic E-state index is 11.0. The molecule has 2 N–H and O–H groups in total. The molecular weight excluding hydrogens is 276 g/mol. The monoisotopic (exact) mass is 296 g/mol. The number of aliphatic hydroxyl groups excluding tert-OH is 1. The summed E-state index contributed by atoms with van der Waals surface area (Å²) in [6, 6.07) is 16.8. The van der Waals surface area contributed by atoms with Crippen LogP contribution in [0.2, 0.25) is 0 Å². The molecule has 2 aromatic carbocycles. The standard InChI is InChI=1S/C18H20N2O2/c21-13-18(22)19-11-14-5-7-15(8-6-14)12-20-10-9-16-3-1-2-4-17(16)20/h1-8,21H,9-13H2,(H,19,22). The second-order valence-electron chi connectivity index (χ2n) is 5.55. The summed E-state index contributed by atoms with van der Waals surface area (Å²) in [5.74, 6) is -0.349. The quantitative estimate of drug-likeness (QED) is 0.885. The molecule has 0 fully saturated rings. The maximum absolute atomic E-state index is 11.0. The Morgan fingerprint density at radius 3 is 2.59 bits per heavy atom. The van der Waals surface area contributed by atoms with Gasteiger partial charge in [-0.15, -0.1) is 0 Å². The fraction of sp³-hybridized carbons (Fsp3) is 0.278. The van der Waals surface area contributed by atoms with Crippen LogP contribution in [-0.4, -0.2) is 24.2 Å². The van der Waals surface area contributed by atoms with Crippen molar-refractivity contribution < 1.29 is 9.90 Å². The molecule has 0 aromatic heterocycles. The number of benzene rings is 2. The lowest BCUT2D eigenvalue weighted by molar-refractivity contribution is -0.123. The van der Waals surface area contributed by atoms with Gasteiger partial charge in [-0.25, -0.2) is 0 Å². The Morgan fingerprint density at radius 1 is 1.09 bits per heavy atom. The third-order valence-electron chi connectivity index (χ3n) is 4.01. The summed E-state index contributed by atoms with van der Waals surface area (Å²) >= 11 is 0. The number of carbonyl (C=O) groups excluding carboxylic acids is 1. The van der Waals surface area contributed by atoms with Gasteiger partial charge < -0.3 is 15.3 Å². The van der Waals surface area contributed by atoms with E-state index in [-0.39, 0.29) is 5.91 Å². The van der Waals surface area contributed by atoms with E-state index in [1.165, 1.54) is 16.8 Å². The fourth-order valence-electron chi connectivity index (χ4n) is 2.81. The summed E-state index contributed by atoms with van der Waals surface area (Å²) in [4.78, 5) is 13.4. The van der Waals surface area contributed by atoms with E-state index in [2.05, 4.69) is 46.6 Å². The normalized spacial score (nSPS) is 13.0. The second-order valence-corrected chi connectivity index (χ2v) is 5.55. The number of amides is 1. The Hall–Kier alpha value is -2.33. The molecule has 114 valence electrons. The second kappa shape index (κ2) is 6.62. The van der Waals surface area contributed by atoms with Crippen LogP contribution in [0.25, 0.3) is 0 Å². The van der Waals surface area contributed by atoms with Crippen molar-refractivity contribution in [1.82, 2.24) is 5.32 Å². The van der Waals surface area contributed by atoms with Crippen molar-refractivity contribution >= 4 is 11.6 Å². The molecule has 0 saturated carbocycles. The summed E-state index contributed by atoms with van der Waals surface area (Å²) in [6.45, 7) is 1.95. The van der Waals surface area contributed by atoms with E-state index in [1.807, 2.05) is 12.1 Å². The number of anilines is 1. The molecule has 4 nitrogen and oxygen atoms in total. The molecule has 1 aliphatic heterocycles. The SMILES string of the molecule is O=C(CO)NCc1ccc(CN2CCc3ccccc32)cc1. The lowest BCUT2D eigenvalue weighted by Crippen LogP contribution is -2.25. The van der Waals surface area contributed by atoms with E-state index >= 15 is 0 Å². The number of aliphatic hydroxyl groups is 1. The summed E-state index contributed by atoms with van der Waals surface area (Å²) in [7, 11) is 0. The van der Waals surface area contributed by atoms with Gasteiger partial charge >= 0.3 is 0 Å². The van der Waals surface area contributed by atoms with Gasteiger partial charge in [-0.3, -0.25) is 4.79 Å². The average Bonchev–Trinajstić information content (AvgIpc) is 2.97. The van der Waals surface area contributed by atoms with E-state index in [4.69, 9.17) is 5.11 Å². The fourth-order valence-corrected chi connectivity index (χ4v) is 2.81. The number of hydrogen-bond donors (Lipinski definition) is 2. The van der Waals surface area contributed by atoms with E-state index in [0.29, 0.717) is 6.54 Å². The Morgan fingerprint density at radius 2 is 1.82 bits per heavy atom. The molecule has 0 aliphatic carbocycles. The number of nitrogens with one attached hydrogen (secondary N) is 1. The first kappa shape index (κ1) is 14.6. The van der Waals surface area contributed by atoms with Crippen LogP contribution in [0.15, 0.2) is 48.5 Å². The van der Waals surface area contributed by atoms with Crippen LogP contribution in [0.3, 0.4) is 0 Å². The van der Waals surface area contributed by atoms with Gasteiger partial charge in [0.1, 0.15) is 6.61 Å². The van der Waals surface area contributed by atoms with Crippen molar-refractivity contribution in [1.29, 1.82) is 0 Å². The smallest absolute Gasteiger partial charge is 0.245 e. The zero-order valence-corrected chi connectivity index (χ0v) is 12.5. The van der Waals surface area contributed by atoms with Gasteiger partial charge in [-0.1, -0.05) is 42.5 Å². The number of para-hydroxylation sites is 1. The maximum Gasteiger partial charge on any atom is 0.245 e. The van der Waals surface area contributed by atoms with Crippen LogP contribution in [0.4, 0.5) is 5.69 Å². The minimum atomic E-state index is -0.466. The highest BCUT2D eigenvalue weighted by Gasteiger charge is 2.17. The van der Waals surface area contributed by atoms with Crippen LogP contribution in [-0.2, 0) is 24.3 Å². The average molecular weight is 296 g/mol. The summed E-state index contributed by atoms with van der Waals surface area (Å²) in [6.07, 6.45) is 1.11. The lowest BCUT2D eigenvalue weighted by atomic mass is 10.1. The van der Waals surface area contributed by atoms with Gasteiger partial charge in [-0.05, 0) is 29.2 Å². The van der Waals surface area contributed by atoms with Crippen molar-refractivity contribution in [3.05, 3.63) is 65.2 Å². The van der Waals surface area contributed by atoms with Crippen molar-refractivity contribution in [2.75, 3.05) is 18.1 Å². The van der Waals surface area contributed by atoms with Crippen LogP contribution in [0.5, 0.6) is 0 Å². The Kier molecular flexibility index (Phi) is 4.39. The number of fused-ring (bicyclic) bond motifs is 1. The molecule has 0 spiro atoms. The van der Waals surface area contributed by atoms with Crippen molar-refractivity contribution in [3.8, 4) is 0 Å². The molecule has 1 amide bonds. The highest BCUT2D eigenvalue weighted by Crippen LogP contribution is 2.28. The molecule has 4 heteroatoms. The van der Waals surface area contributed by atoms with Crippen molar-refractivity contribution in [2.45, 2.75) is 19.5 Å². The highest BCUT2D eigenvalue weighted by atomic mass is 16.3. The molecule has 1 heterocycles. The molecule has 0 radical (unpaired) electrons. The number of carbonyl (C=O) groups is 1. The van der Waals surface area contributed by atoms with Crippen LogP contribution >= 0.6 is 0 Å². The predicted molar refractivity (Wildman–Crippen MR) is 86.6 cm³/mol. The molecule has 0 saturated heterocycles. The Balaban J connectivity index is 1.61. The Labute approximate surface area is 130 Å². The van der Waals surface area contributed by atoms with E-state index in [9.17, 15) is 4.79 Å². The largest absolute Gasteiger partial charge is 0.387 e. The van der Waals surface area contributed by atoms with Crippen LogP contribution in [0.1, 0.15) is 16.7 Å². The zero-order chi connectivity index (χ0) is 15.4. The zero-order valence-electron chi connectivity index (χ0n) is 12.5. The van der Waals surface area contributed by atoms with Crippen LogP contribution in [0, 0.1) is 0 Å². The summed E-state index contributed by atoms with van der Waals surface area (Å²) in [5.41, 5.74) is 5.05. The number of nitrogens with zero attached hydrogens (tertiary/aromatic N) is 1. The molecule has 22 heavy (non-hydrogen) atoms. The molecule has 0 unspecified atom stereocenters. The molecule has 2 aromatic rings. The first-order valence-corrected chi connectivity index (χ1v) is 7.54. The number of rotatable bonds is 5. The molecular formula is C18H20N2O2. The summed E-state index contributed by atoms with van der Waals surface area (Å²) in [5, 5.41) is 11.3.